The molecule has 1 aromatic heterocycles. The molecule has 5 rings (SSSR count). The highest BCUT2D eigenvalue weighted by Gasteiger charge is 2.50. The highest BCUT2D eigenvalue weighted by molar-refractivity contribution is 5.79. The van der Waals surface area contributed by atoms with Gasteiger partial charge in [0.1, 0.15) is 6.23 Å². The van der Waals surface area contributed by atoms with Gasteiger partial charge in [0.2, 0.25) is 5.91 Å². The van der Waals surface area contributed by atoms with E-state index in [-0.39, 0.29) is 23.6 Å². The molecule has 3 saturated heterocycles. The monoisotopic (exact) mass is 410 g/mol. The molecule has 6 nitrogen and oxygen atoms in total. The lowest BCUT2D eigenvalue weighted by Gasteiger charge is -2.39. The third kappa shape index (κ3) is 3.79. The van der Waals surface area contributed by atoms with Gasteiger partial charge in [-0.3, -0.25) is 14.7 Å². The Hall–Kier alpha value is -2.51. The molecular weight excluding hydrogens is 383 g/mol. The van der Waals surface area contributed by atoms with Crippen LogP contribution in [0.1, 0.15) is 18.4 Å². The molecular formula is C23H27FN4O2. The molecule has 3 aliphatic rings. The number of piperazine rings is 1. The van der Waals surface area contributed by atoms with E-state index in [0.29, 0.717) is 31.9 Å². The lowest BCUT2D eigenvalue weighted by Crippen LogP contribution is -2.54. The van der Waals surface area contributed by atoms with Gasteiger partial charge in [-0.2, -0.15) is 0 Å². The van der Waals surface area contributed by atoms with Gasteiger partial charge in [0.05, 0.1) is 30.6 Å². The van der Waals surface area contributed by atoms with Crippen LogP contribution in [0, 0.1) is 5.82 Å². The number of piperidine rings is 1. The molecule has 158 valence electrons. The number of carbonyl (C=O) groups is 1. The number of rotatable bonds is 4. The number of hydrogen-bond donors (Lipinski definition) is 0. The molecule has 4 heterocycles. The lowest BCUT2D eigenvalue weighted by molar-refractivity contribution is -0.148. The second kappa shape index (κ2) is 7.96. The molecule has 1 atom stereocenters. The van der Waals surface area contributed by atoms with Gasteiger partial charge >= 0.3 is 0 Å². The van der Waals surface area contributed by atoms with Gasteiger partial charge < -0.3 is 14.5 Å². The fourth-order valence-electron chi connectivity index (χ4n) is 4.91. The molecule has 1 unspecified atom stereocenters. The Morgan fingerprint density at radius 3 is 2.73 bits per heavy atom. The van der Waals surface area contributed by atoms with E-state index in [0.717, 1.165) is 32.4 Å². The number of halogens is 1. The highest BCUT2D eigenvalue weighted by Crippen LogP contribution is 2.38. The fraction of sp³-hybridized carbons (Fsp3) is 0.478. The molecule has 7 heteroatoms. The summed E-state index contributed by atoms with van der Waals surface area (Å²) in [5, 5.41) is 0. The standard InChI is InChI=1S/C23H27FN4O2/c24-19-14-25-10-6-20(19)27-12-8-23(9-13-27)17-28-21(29)15-26(16-22(28)30-23)11-7-18-4-2-1-3-5-18/h1-6,10,14,22H,7-9,11-13,15-17H2. The summed E-state index contributed by atoms with van der Waals surface area (Å²) in [6.45, 7) is 4.14. The van der Waals surface area contributed by atoms with Crippen LogP contribution in [0.15, 0.2) is 48.8 Å². The largest absolute Gasteiger partial charge is 0.369 e. The van der Waals surface area contributed by atoms with E-state index in [2.05, 4.69) is 26.9 Å². The van der Waals surface area contributed by atoms with Gasteiger partial charge in [0.25, 0.3) is 0 Å². The SMILES string of the molecule is O=C1CN(CCc2ccccc2)CC2OC3(CCN(c4ccncc4F)CC3)CN12. The van der Waals surface area contributed by atoms with Crippen molar-refractivity contribution < 1.29 is 13.9 Å². The number of amides is 1. The predicted octanol–water partition coefficient (Wildman–Crippen LogP) is 2.30. The quantitative estimate of drug-likeness (QED) is 0.774. The summed E-state index contributed by atoms with van der Waals surface area (Å²) in [6, 6.07) is 12.1. The van der Waals surface area contributed by atoms with E-state index >= 15 is 0 Å². The molecule has 1 amide bonds. The first-order chi connectivity index (χ1) is 14.6. The van der Waals surface area contributed by atoms with Crippen molar-refractivity contribution in [2.75, 3.05) is 44.2 Å². The molecule has 3 aliphatic heterocycles. The van der Waals surface area contributed by atoms with Gasteiger partial charge in [-0.15, -0.1) is 0 Å². The van der Waals surface area contributed by atoms with Crippen molar-refractivity contribution in [3.8, 4) is 0 Å². The summed E-state index contributed by atoms with van der Waals surface area (Å²) >= 11 is 0. The molecule has 0 bridgehead atoms. The predicted molar refractivity (Wildman–Crippen MR) is 112 cm³/mol. The minimum Gasteiger partial charge on any atom is -0.369 e. The Morgan fingerprint density at radius 1 is 1.17 bits per heavy atom. The number of fused-ring (bicyclic) bond motifs is 1. The summed E-state index contributed by atoms with van der Waals surface area (Å²) in [5.41, 5.74) is 1.57. The summed E-state index contributed by atoms with van der Waals surface area (Å²) in [7, 11) is 0. The first-order valence-corrected chi connectivity index (χ1v) is 10.7. The second-order valence-electron chi connectivity index (χ2n) is 8.56. The molecule has 0 aliphatic carbocycles. The Labute approximate surface area is 176 Å². The third-order valence-corrected chi connectivity index (χ3v) is 6.61. The van der Waals surface area contributed by atoms with Crippen LogP contribution in [0.25, 0.3) is 0 Å². The van der Waals surface area contributed by atoms with Crippen molar-refractivity contribution in [2.45, 2.75) is 31.1 Å². The smallest absolute Gasteiger partial charge is 0.238 e. The van der Waals surface area contributed by atoms with Gasteiger partial charge in [-0.05, 0) is 30.9 Å². The summed E-state index contributed by atoms with van der Waals surface area (Å²) in [6.07, 6.45) is 5.22. The maximum Gasteiger partial charge on any atom is 0.238 e. The maximum absolute atomic E-state index is 14.1. The summed E-state index contributed by atoms with van der Waals surface area (Å²) in [4.78, 5) is 22.8. The number of benzene rings is 1. The van der Waals surface area contributed by atoms with Crippen LogP contribution in [-0.4, -0.2) is 71.8 Å². The zero-order chi connectivity index (χ0) is 20.6. The number of anilines is 1. The molecule has 2 aromatic rings. The summed E-state index contributed by atoms with van der Waals surface area (Å²) < 4.78 is 20.6. The number of ether oxygens (including phenoxy) is 1. The highest BCUT2D eigenvalue weighted by atomic mass is 19.1. The number of pyridine rings is 1. The zero-order valence-electron chi connectivity index (χ0n) is 17.0. The topological polar surface area (TPSA) is 48.9 Å². The minimum atomic E-state index is -0.310. The molecule has 1 spiro atoms. The van der Waals surface area contributed by atoms with Crippen molar-refractivity contribution >= 4 is 11.6 Å². The van der Waals surface area contributed by atoms with Crippen LogP contribution in [0.3, 0.4) is 0 Å². The second-order valence-corrected chi connectivity index (χ2v) is 8.56. The lowest BCUT2D eigenvalue weighted by atomic mass is 9.91. The van der Waals surface area contributed by atoms with Crippen molar-refractivity contribution in [3.63, 3.8) is 0 Å². The first kappa shape index (κ1) is 19.5. The van der Waals surface area contributed by atoms with Crippen molar-refractivity contribution in [3.05, 3.63) is 60.2 Å². The Morgan fingerprint density at radius 2 is 1.97 bits per heavy atom. The Kier molecular flexibility index (Phi) is 5.16. The fourth-order valence-corrected chi connectivity index (χ4v) is 4.91. The molecule has 0 radical (unpaired) electrons. The third-order valence-electron chi connectivity index (χ3n) is 6.61. The molecule has 0 saturated carbocycles. The summed E-state index contributed by atoms with van der Waals surface area (Å²) in [5.74, 6) is -0.138. The zero-order valence-corrected chi connectivity index (χ0v) is 17.0. The average Bonchev–Trinajstić information content (AvgIpc) is 3.13. The number of nitrogens with zero attached hydrogens (tertiary/aromatic N) is 4. The maximum atomic E-state index is 14.1. The van der Waals surface area contributed by atoms with Crippen LogP contribution in [0.5, 0.6) is 0 Å². The number of hydrogen-bond acceptors (Lipinski definition) is 5. The number of aromatic nitrogens is 1. The van der Waals surface area contributed by atoms with Crippen LogP contribution in [0.4, 0.5) is 10.1 Å². The normalized spacial score (nSPS) is 23.8. The van der Waals surface area contributed by atoms with E-state index in [9.17, 15) is 9.18 Å². The molecule has 3 fully saturated rings. The molecule has 30 heavy (non-hydrogen) atoms. The van der Waals surface area contributed by atoms with Gasteiger partial charge in [-0.1, -0.05) is 30.3 Å². The van der Waals surface area contributed by atoms with E-state index < -0.39 is 0 Å². The average molecular weight is 410 g/mol. The van der Waals surface area contributed by atoms with Crippen LogP contribution in [-0.2, 0) is 16.0 Å². The van der Waals surface area contributed by atoms with Crippen molar-refractivity contribution in [1.29, 1.82) is 0 Å². The Balaban J connectivity index is 1.20. The molecule has 0 N–H and O–H groups in total. The van der Waals surface area contributed by atoms with E-state index in [1.54, 1.807) is 12.3 Å². The molecule has 1 aromatic carbocycles. The van der Waals surface area contributed by atoms with E-state index in [4.69, 9.17) is 4.74 Å². The van der Waals surface area contributed by atoms with Crippen molar-refractivity contribution in [1.82, 2.24) is 14.8 Å². The van der Waals surface area contributed by atoms with Crippen LogP contribution < -0.4 is 4.90 Å². The van der Waals surface area contributed by atoms with Crippen LogP contribution in [0.2, 0.25) is 0 Å². The minimum absolute atomic E-state index is 0.152. The van der Waals surface area contributed by atoms with Crippen LogP contribution >= 0.6 is 0 Å². The van der Waals surface area contributed by atoms with Gasteiger partial charge in [-0.25, -0.2) is 4.39 Å². The van der Waals surface area contributed by atoms with E-state index in [1.807, 2.05) is 23.1 Å². The van der Waals surface area contributed by atoms with Crippen molar-refractivity contribution in [2.24, 2.45) is 0 Å². The van der Waals surface area contributed by atoms with E-state index in [1.165, 1.54) is 11.8 Å². The first-order valence-electron chi connectivity index (χ1n) is 10.7. The number of carbonyl (C=O) groups excluding carboxylic acids is 1. The van der Waals surface area contributed by atoms with Gasteiger partial charge in [0.15, 0.2) is 5.82 Å². The van der Waals surface area contributed by atoms with Gasteiger partial charge in [0, 0.05) is 32.4 Å². The Bertz CT molecular complexity index is 901.